The first kappa shape index (κ1) is 22.8. The van der Waals surface area contributed by atoms with Gasteiger partial charge in [0.05, 0.1) is 17.5 Å². The van der Waals surface area contributed by atoms with Crippen molar-refractivity contribution in [1.29, 1.82) is 0 Å². The van der Waals surface area contributed by atoms with Crippen molar-refractivity contribution in [2.24, 2.45) is 11.8 Å². The molecule has 194 valence electrons. The lowest BCUT2D eigenvalue weighted by Crippen LogP contribution is -2.53. The molecule has 4 atom stereocenters. The second kappa shape index (κ2) is 7.93. The molecule has 0 radical (unpaired) electrons. The Morgan fingerprint density at radius 2 is 1.82 bits per heavy atom. The number of anilines is 2. The van der Waals surface area contributed by atoms with Crippen LogP contribution in [-0.4, -0.2) is 35.5 Å². The Hall–Kier alpha value is -4.15. The summed E-state index contributed by atoms with van der Waals surface area (Å²) >= 11 is 3.52. The van der Waals surface area contributed by atoms with Crippen LogP contribution in [0.4, 0.5) is 11.4 Å². The van der Waals surface area contributed by atoms with Gasteiger partial charge in [0.2, 0.25) is 24.5 Å². The highest BCUT2D eigenvalue weighted by molar-refractivity contribution is 9.10. The predicted molar refractivity (Wildman–Crippen MR) is 145 cm³/mol. The summed E-state index contributed by atoms with van der Waals surface area (Å²) in [6.07, 6.45) is 2.39. The van der Waals surface area contributed by atoms with Gasteiger partial charge in [0, 0.05) is 44.9 Å². The maximum Gasteiger partial charge on any atom is 0.250 e. The molecule has 3 aromatic carbocycles. The summed E-state index contributed by atoms with van der Waals surface area (Å²) in [6.45, 7) is 0.0808. The minimum absolute atomic E-state index is 0.0808. The molecule has 4 aromatic rings. The molecule has 4 aliphatic rings. The van der Waals surface area contributed by atoms with Crippen molar-refractivity contribution in [3.8, 4) is 11.5 Å². The average molecular weight is 585 g/mol. The number of benzene rings is 3. The summed E-state index contributed by atoms with van der Waals surface area (Å²) in [5.41, 5.74) is 2.29. The molecule has 4 aliphatic heterocycles. The standard InChI is InChI=1S/C29H21BrN4O5/c30-15-5-7-20-18(10-15)29(28(37)32-20)25-24(21(33-29)9-14-12-31-19-4-2-1-3-17(14)19)26(35)34(27(25)36)16-6-8-22-23(11-16)39-13-38-22/h1-8,10-12,21,24-25,31,33H,9,13H2,(H,32,37)/t21-,24+,25+,29+/m0/s1. The van der Waals surface area contributed by atoms with E-state index < -0.39 is 29.3 Å². The molecule has 0 unspecified atom stereocenters. The third-order valence-electron chi connectivity index (χ3n) is 8.41. The third-order valence-corrected chi connectivity index (χ3v) is 8.90. The molecule has 0 aliphatic carbocycles. The summed E-state index contributed by atoms with van der Waals surface area (Å²) in [5, 5.41) is 7.52. The van der Waals surface area contributed by atoms with E-state index in [1.165, 1.54) is 4.90 Å². The van der Waals surface area contributed by atoms with Gasteiger partial charge in [-0.15, -0.1) is 0 Å². The topological polar surface area (TPSA) is 113 Å². The Labute approximate surface area is 230 Å². The highest BCUT2D eigenvalue weighted by atomic mass is 79.9. The molecule has 5 heterocycles. The van der Waals surface area contributed by atoms with E-state index in [2.05, 4.69) is 31.5 Å². The number of ether oxygens (including phenoxy) is 2. The first-order valence-corrected chi connectivity index (χ1v) is 13.5. The van der Waals surface area contributed by atoms with E-state index >= 15 is 0 Å². The van der Waals surface area contributed by atoms with Crippen LogP contribution >= 0.6 is 15.9 Å². The van der Waals surface area contributed by atoms with Crippen molar-refractivity contribution < 1.29 is 23.9 Å². The molecule has 39 heavy (non-hydrogen) atoms. The number of amides is 3. The van der Waals surface area contributed by atoms with E-state index in [0.717, 1.165) is 20.9 Å². The molecule has 1 spiro atoms. The van der Waals surface area contributed by atoms with Crippen LogP contribution in [0.15, 0.2) is 71.3 Å². The first-order valence-electron chi connectivity index (χ1n) is 12.7. The van der Waals surface area contributed by atoms with Crippen molar-refractivity contribution in [3.63, 3.8) is 0 Å². The Morgan fingerprint density at radius 3 is 2.72 bits per heavy atom. The van der Waals surface area contributed by atoms with Crippen LogP contribution in [0.25, 0.3) is 10.9 Å². The lowest BCUT2D eigenvalue weighted by Gasteiger charge is -2.29. The highest BCUT2D eigenvalue weighted by Crippen LogP contribution is 2.54. The average Bonchev–Trinajstić information content (AvgIpc) is 3.73. The van der Waals surface area contributed by atoms with Gasteiger partial charge in [-0.3, -0.25) is 19.7 Å². The van der Waals surface area contributed by atoms with Gasteiger partial charge >= 0.3 is 0 Å². The number of H-pyrrole nitrogens is 1. The normalized spacial score (nSPS) is 26.5. The molecular formula is C29H21BrN4O5. The van der Waals surface area contributed by atoms with Crippen molar-refractivity contribution in [2.45, 2.75) is 18.0 Å². The lowest BCUT2D eigenvalue weighted by molar-refractivity contribution is -0.130. The van der Waals surface area contributed by atoms with Crippen LogP contribution in [0, 0.1) is 11.8 Å². The summed E-state index contributed by atoms with van der Waals surface area (Å²) in [6, 6.07) is 18.0. The van der Waals surface area contributed by atoms with Gasteiger partial charge in [-0.25, -0.2) is 4.90 Å². The van der Waals surface area contributed by atoms with Crippen molar-refractivity contribution in [3.05, 3.63) is 82.5 Å². The number of imide groups is 1. The molecule has 0 saturated carbocycles. The lowest BCUT2D eigenvalue weighted by atomic mass is 9.76. The Balaban J connectivity index is 1.28. The summed E-state index contributed by atoms with van der Waals surface area (Å²) in [5.74, 6) is -1.74. The summed E-state index contributed by atoms with van der Waals surface area (Å²) in [7, 11) is 0. The number of hydrogen-bond donors (Lipinski definition) is 3. The SMILES string of the molecule is O=C1[C@@H]2[C@H](Cc3c[nH]c4ccccc34)N[C@@]3(C(=O)Nc4ccc(Br)cc43)[C@H]2C(=O)N1c1ccc2c(c1)OCO2. The number of aromatic amines is 1. The largest absolute Gasteiger partial charge is 0.454 e. The van der Waals surface area contributed by atoms with E-state index in [1.54, 1.807) is 18.2 Å². The second-order valence-electron chi connectivity index (χ2n) is 10.3. The molecular weight excluding hydrogens is 564 g/mol. The van der Waals surface area contributed by atoms with E-state index in [0.29, 0.717) is 34.9 Å². The number of aromatic nitrogens is 1. The number of hydrogen-bond acceptors (Lipinski definition) is 6. The molecule has 1 aromatic heterocycles. The molecule has 3 N–H and O–H groups in total. The molecule has 10 heteroatoms. The number of nitrogens with one attached hydrogen (secondary N) is 3. The fraction of sp³-hybridized carbons (Fsp3) is 0.207. The fourth-order valence-corrected chi connectivity index (χ4v) is 7.13. The maximum atomic E-state index is 14.3. The Bertz CT molecular complexity index is 1750. The number of carbonyl (C=O) groups excluding carboxylic acids is 3. The quantitative estimate of drug-likeness (QED) is 0.315. The van der Waals surface area contributed by atoms with Crippen LogP contribution in [0.2, 0.25) is 0 Å². The number of nitrogens with zero attached hydrogens (tertiary/aromatic N) is 1. The Kier molecular flexibility index (Phi) is 4.64. The Morgan fingerprint density at radius 1 is 0.974 bits per heavy atom. The van der Waals surface area contributed by atoms with Gasteiger partial charge in [-0.1, -0.05) is 34.1 Å². The molecule has 2 saturated heterocycles. The van der Waals surface area contributed by atoms with Gasteiger partial charge in [-0.05, 0) is 48.4 Å². The van der Waals surface area contributed by atoms with Gasteiger partial charge in [0.1, 0.15) is 5.54 Å². The molecule has 3 amide bonds. The van der Waals surface area contributed by atoms with Gasteiger partial charge in [0.25, 0.3) is 0 Å². The smallest absolute Gasteiger partial charge is 0.250 e. The van der Waals surface area contributed by atoms with Crippen molar-refractivity contribution >= 4 is 55.9 Å². The van der Waals surface area contributed by atoms with Gasteiger partial charge in [-0.2, -0.15) is 0 Å². The van der Waals surface area contributed by atoms with Crippen LogP contribution in [0.1, 0.15) is 11.1 Å². The van der Waals surface area contributed by atoms with Crippen molar-refractivity contribution in [1.82, 2.24) is 10.3 Å². The van der Waals surface area contributed by atoms with Crippen molar-refractivity contribution in [2.75, 3.05) is 17.0 Å². The zero-order valence-electron chi connectivity index (χ0n) is 20.4. The van der Waals surface area contributed by atoms with Crippen LogP contribution in [0.5, 0.6) is 11.5 Å². The van der Waals surface area contributed by atoms with Crippen LogP contribution < -0.4 is 25.0 Å². The molecule has 9 nitrogen and oxygen atoms in total. The van der Waals surface area contributed by atoms with E-state index in [4.69, 9.17) is 9.47 Å². The first-order chi connectivity index (χ1) is 19.0. The van der Waals surface area contributed by atoms with Crippen LogP contribution in [0.3, 0.4) is 0 Å². The van der Waals surface area contributed by atoms with Gasteiger partial charge in [0.15, 0.2) is 11.5 Å². The predicted octanol–water partition coefficient (Wildman–Crippen LogP) is 3.83. The zero-order chi connectivity index (χ0) is 26.5. The minimum atomic E-state index is -1.39. The van der Waals surface area contributed by atoms with E-state index in [-0.39, 0.29) is 18.6 Å². The summed E-state index contributed by atoms with van der Waals surface area (Å²) < 4.78 is 11.7. The van der Waals surface area contributed by atoms with E-state index in [9.17, 15) is 14.4 Å². The third kappa shape index (κ3) is 3.01. The minimum Gasteiger partial charge on any atom is -0.454 e. The van der Waals surface area contributed by atoms with Gasteiger partial charge < -0.3 is 19.8 Å². The van der Waals surface area contributed by atoms with E-state index in [1.807, 2.05) is 48.7 Å². The summed E-state index contributed by atoms with van der Waals surface area (Å²) in [4.78, 5) is 46.7. The number of rotatable bonds is 3. The fourth-order valence-electron chi connectivity index (χ4n) is 6.77. The zero-order valence-corrected chi connectivity index (χ0v) is 21.9. The number of fused-ring (bicyclic) bond motifs is 6. The maximum absolute atomic E-state index is 14.3. The highest BCUT2D eigenvalue weighted by Gasteiger charge is 2.70. The number of para-hydroxylation sites is 1. The number of carbonyl (C=O) groups is 3. The second-order valence-corrected chi connectivity index (χ2v) is 11.2. The van der Waals surface area contributed by atoms with Crippen LogP contribution in [-0.2, 0) is 26.3 Å². The monoisotopic (exact) mass is 584 g/mol. The number of halogens is 1. The molecule has 8 rings (SSSR count). The molecule has 2 fully saturated rings. The molecule has 0 bridgehead atoms.